The number of hydrogen-bond acceptors (Lipinski definition) is 4. The highest BCUT2D eigenvalue weighted by Crippen LogP contribution is 2.28. The molecule has 0 aliphatic carbocycles. The number of aromatic nitrogens is 2. The summed E-state index contributed by atoms with van der Waals surface area (Å²) in [6, 6.07) is 8.42. The molecule has 1 aromatic carbocycles. The van der Waals surface area contributed by atoms with Gasteiger partial charge in [0.1, 0.15) is 5.15 Å². The number of hydrogen-bond donors (Lipinski definition) is 0. The zero-order chi connectivity index (χ0) is 18.3. The molecule has 0 radical (unpaired) electrons. The van der Waals surface area contributed by atoms with E-state index in [9.17, 15) is 9.59 Å². The maximum Gasteiger partial charge on any atom is 0.420 e. The topological polar surface area (TPSA) is 68.3 Å². The van der Waals surface area contributed by atoms with Gasteiger partial charge in [0.25, 0.3) is 5.91 Å². The van der Waals surface area contributed by atoms with Crippen LogP contribution in [-0.4, -0.2) is 33.4 Å². The number of oxazole rings is 1. The molecule has 0 bridgehead atoms. The van der Waals surface area contributed by atoms with Crippen molar-refractivity contribution >= 4 is 40.2 Å². The van der Waals surface area contributed by atoms with E-state index in [0.29, 0.717) is 47.6 Å². The maximum atomic E-state index is 12.6. The van der Waals surface area contributed by atoms with Gasteiger partial charge in [-0.1, -0.05) is 23.2 Å². The van der Waals surface area contributed by atoms with Gasteiger partial charge in [-0.25, -0.2) is 9.78 Å². The van der Waals surface area contributed by atoms with E-state index in [1.165, 1.54) is 0 Å². The highest BCUT2D eigenvalue weighted by molar-refractivity contribution is 6.32. The van der Waals surface area contributed by atoms with Gasteiger partial charge in [-0.2, -0.15) is 0 Å². The van der Waals surface area contributed by atoms with Crippen LogP contribution in [0.1, 0.15) is 29.2 Å². The third kappa shape index (κ3) is 2.99. The fourth-order valence-corrected chi connectivity index (χ4v) is 3.76. The summed E-state index contributed by atoms with van der Waals surface area (Å²) in [5.41, 5.74) is 1.59. The molecule has 0 unspecified atom stereocenters. The van der Waals surface area contributed by atoms with E-state index in [4.69, 9.17) is 27.6 Å². The van der Waals surface area contributed by atoms with Crippen LogP contribution in [0.4, 0.5) is 0 Å². The SMILES string of the molecule is O=C(c1cccnc1Cl)N1CCC(n2c(=O)oc3ccc(Cl)cc32)CC1. The molecule has 1 saturated heterocycles. The Labute approximate surface area is 158 Å². The molecule has 1 aliphatic rings. The second-order valence-electron chi connectivity index (χ2n) is 6.22. The van der Waals surface area contributed by atoms with Gasteiger partial charge in [-0.05, 0) is 43.2 Å². The lowest BCUT2D eigenvalue weighted by Crippen LogP contribution is -2.40. The summed E-state index contributed by atoms with van der Waals surface area (Å²) in [4.78, 5) is 30.6. The fourth-order valence-electron chi connectivity index (χ4n) is 3.40. The molecular formula is C18H15Cl2N3O3. The van der Waals surface area contributed by atoms with Gasteiger partial charge < -0.3 is 9.32 Å². The Morgan fingerprint density at radius 1 is 1.19 bits per heavy atom. The van der Waals surface area contributed by atoms with Gasteiger partial charge in [-0.3, -0.25) is 9.36 Å². The van der Waals surface area contributed by atoms with E-state index in [0.717, 1.165) is 0 Å². The maximum absolute atomic E-state index is 12.6. The lowest BCUT2D eigenvalue weighted by Gasteiger charge is -2.32. The predicted molar refractivity (Wildman–Crippen MR) is 98.9 cm³/mol. The molecule has 6 nitrogen and oxygen atoms in total. The molecule has 3 aromatic rings. The van der Waals surface area contributed by atoms with Crippen molar-refractivity contribution in [2.24, 2.45) is 0 Å². The largest absolute Gasteiger partial charge is 0.420 e. The number of fused-ring (bicyclic) bond motifs is 1. The molecule has 2 aromatic heterocycles. The zero-order valence-electron chi connectivity index (χ0n) is 13.7. The third-order valence-corrected chi connectivity index (χ3v) is 5.22. The average molecular weight is 392 g/mol. The van der Waals surface area contributed by atoms with E-state index in [1.807, 2.05) is 0 Å². The van der Waals surface area contributed by atoms with Crippen LogP contribution in [0.3, 0.4) is 0 Å². The first-order valence-corrected chi connectivity index (χ1v) is 9.00. The Morgan fingerprint density at radius 2 is 1.96 bits per heavy atom. The van der Waals surface area contributed by atoms with Crippen molar-refractivity contribution in [3.05, 3.63) is 62.8 Å². The van der Waals surface area contributed by atoms with Crippen LogP contribution >= 0.6 is 23.2 Å². The molecule has 1 aliphatic heterocycles. The summed E-state index contributed by atoms with van der Waals surface area (Å²) in [6.07, 6.45) is 2.84. The zero-order valence-corrected chi connectivity index (χ0v) is 15.2. The van der Waals surface area contributed by atoms with E-state index in [2.05, 4.69) is 4.98 Å². The third-order valence-electron chi connectivity index (χ3n) is 4.68. The van der Waals surface area contributed by atoms with Gasteiger partial charge in [0, 0.05) is 30.4 Å². The first-order valence-electron chi connectivity index (χ1n) is 8.25. The van der Waals surface area contributed by atoms with Crippen molar-refractivity contribution in [1.82, 2.24) is 14.5 Å². The summed E-state index contributed by atoms with van der Waals surface area (Å²) in [5, 5.41) is 0.747. The molecule has 0 N–H and O–H groups in total. The van der Waals surface area contributed by atoms with Gasteiger partial charge in [0.05, 0.1) is 11.1 Å². The minimum atomic E-state index is -0.401. The highest BCUT2D eigenvalue weighted by Gasteiger charge is 2.28. The summed E-state index contributed by atoms with van der Waals surface area (Å²) < 4.78 is 6.95. The van der Waals surface area contributed by atoms with Crippen molar-refractivity contribution in [3.8, 4) is 0 Å². The van der Waals surface area contributed by atoms with Crippen LogP contribution in [0.25, 0.3) is 11.1 Å². The van der Waals surface area contributed by atoms with Gasteiger partial charge in [0.15, 0.2) is 5.58 Å². The number of carbonyl (C=O) groups is 1. The minimum absolute atomic E-state index is 0.0457. The molecule has 134 valence electrons. The molecule has 1 fully saturated rings. The Hall–Kier alpha value is -2.31. The normalized spacial score (nSPS) is 15.5. The van der Waals surface area contributed by atoms with Crippen LogP contribution in [0.5, 0.6) is 0 Å². The van der Waals surface area contributed by atoms with Crippen molar-refractivity contribution in [3.63, 3.8) is 0 Å². The number of pyridine rings is 1. The molecule has 8 heteroatoms. The van der Waals surface area contributed by atoms with E-state index in [-0.39, 0.29) is 17.1 Å². The molecule has 0 spiro atoms. The van der Waals surface area contributed by atoms with Crippen LogP contribution in [0.15, 0.2) is 45.7 Å². The number of halogens is 2. The number of amides is 1. The predicted octanol–water partition coefficient (Wildman–Crippen LogP) is 3.77. The second kappa shape index (κ2) is 6.78. The number of piperidine rings is 1. The summed E-state index contributed by atoms with van der Waals surface area (Å²) in [5.74, 6) is -0.545. The number of rotatable bonds is 2. The quantitative estimate of drug-likeness (QED) is 0.623. The minimum Gasteiger partial charge on any atom is -0.408 e. The van der Waals surface area contributed by atoms with Gasteiger partial charge in [0.2, 0.25) is 0 Å². The molecule has 4 rings (SSSR count). The highest BCUT2D eigenvalue weighted by atomic mass is 35.5. The smallest absolute Gasteiger partial charge is 0.408 e. The van der Waals surface area contributed by atoms with Gasteiger partial charge in [-0.15, -0.1) is 0 Å². The second-order valence-corrected chi connectivity index (χ2v) is 7.01. The number of benzene rings is 1. The number of nitrogens with zero attached hydrogens (tertiary/aromatic N) is 3. The molecule has 3 heterocycles. The number of likely N-dealkylation sites (tertiary alicyclic amines) is 1. The first-order chi connectivity index (χ1) is 12.5. The molecular weight excluding hydrogens is 377 g/mol. The summed E-state index contributed by atoms with van der Waals surface area (Å²) >= 11 is 12.1. The molecule has 1 amide bonds. The van der Waals surface area contributed by atoms with Crippen molar-refractivity contribution in [2.75, 3.05) is 13.1 Å². The van der Waals surface area contributed by atoms with Crippen molar-refractivity contribution in [1.29, 1.82) is 0 Å². The lowest BCUT2D eigenvalue weighted by molar-refractivity contribution is 0.0693. The fraction of sp³-hybridized carbons (Fsp3) is 0.278. The van der Waals surface area contributed by atoms with Crippen LogP contribution in [0.2, 0.25) is 10.2 Å². The van der Waals surface area contributed by atoms with Crippen molar-refractivity contribution < 1.29 is 9.21 Å². The van der Waals surface area contributed by atoms with Gasteiger partial charge >= 0.3 is 5.76 Å². The standard InChI is InChI=1S/C18H15Cl2N3O3/c19-11-3-4-15-14(10-11)23(18(25)26-15)12-5-8-22(9-6-12)17(24)13-2-1-7-21-16(13)20/h1-4,7,10,12H,5-6,8-9H2. The molecule has 26 heavy (non-hydrogen) atoms. The van der Waals surface area contributed by atoms with E-state index >= 15 is 0 Å². The van der Waals surface area contributed by atoms with E-state index < -0.39 is 5.76 Å². The average Bonchev–Trinajstić information content (AvgIpc) is 2.97. The van der Waals surface area contributed by atoms with E-state index in [1.54, 1.807) is 46.0 Å². The monoisotopic (exact) mass is 391 g/mol. The Morgan fingerprint density at radius 3 is 2.69 bits per heavy atom. The van der Waals surface area contributed by atoms with Crippen LogP contribution in [0, 0.1) is 0 Å². The van der Waals surface area contributed by atoms with Crippen molar-refractivity contribution in [2.45, 2.75) is 18.9 Å². The summed E-state index contributed by atoms with van der Waals surface area (Å²) in [6.45, 7) is 1.04. The number of carbonyl (C=O) groups excluding carboxylic acids is 1. The van der Waals surface area contributed by atoms with Crippen LogP contribution in [-0.2, 0) is 0 Å². The lowest BCUT2D eigenvalue weighted by atomic mass is 10.0. The Bertz CT molecular complexity index is 1040. The Balaban J connectivity index is 1.55. The molecule has 0 saturated carbocycles. The first kappa shape index (κ1) is 17.1. The summed E-state index contributed by atoms with van der Waals surface area (Å²) in [7, 11) is 0. The van der Waals surface area contributed by atoms with Crippen LogP contribution < -0.4 is 5.76 Å². The molecule has 0 atom stereocenters. The Kier molecular flexibility index (Phi) is 4.46.